The zero-order chi connectivity index (χ0) is 27.7. The van der Waals surface area contributed by atoms with Crippen LogP contribution in [0, 0.1) is 6.92 Å². The Morgan fingerprint density at radius 2 is 1.68 bits per heavy atom. The molecule has 0 heterocycles. The largest absolute Gasteiger partial charge is 0.354 e. The van der Waals surface area contributed by atoms with Crippen molar-refractivity contribution in [3.8, 4) is 0 Å². The molecule has 0 bridgehead atoms. The van der Waals surface area contributed by atoms with Gasteiger partial charge in [-0.25, -0.2) is 8.42 Å². The van der Waals surface area contributed by atoms with Gasteiger partial charge in [-0.05, 0) is 67.8 Å². The number of hydrogen-bond acceptors (Lipinski definition) is 4. The van der Waals surface area contributed by atoms with Crippen molar-refractivity contribution in [3.05, 3.63) is 94.5 Å². The molecular formula is C29H34BrN3O4S. The van der Waals surface area contributed by atoms with E-state index < -0.39 is 28.5 Å². The summed E-state index contributed by atoms with van der Waals surface area (Å²) in [6, 6.07) is 21.7. The first-order valence-corrected chi connectivity index (χ1v) is 14.8. The fourth-order valence-electron chi connectivity index (χ4n) is 3.98. The average Bonchev–Trinajstić information content (AvgIpc) is 2.90. The van der Waals surface area contributed by atoms with E-state index in [1.807, 2.05) is 44.2 Å². The molecule has 0 aliphatic heterocycles. The van der Waals surface area contributed by atoms with Crippen molar-refractivity contribution in [1.82, 2.24) is 10.2 Å². The molecule has 3 aromatic carbocycles. The van der Waals surface area contributed by atoms with Gasteiger partial charge in [-0.15, -0.1) is 0 Å². The number of hydrogen-bond donors (Lipinski definition) is 1. The maximum absolute atomic E-state index is 13.9. The number of aryl methyl sites for hydroxylation is 1. The molecule has 7 nitrogen and oxygen atoms in total. The minimum Gasteiger partial charge on any atom is -0.354 e. The second-order valence-electron chi connectivity index (χ2n) is 9.14. The summed E-state index contributed by atoms with van der Waals surface area (Å²) in [6.07, 6.45) is 1.76. The molecule has 0 fully saturated rings. The van der Waals surface area contributed by atoms with E-state index in [9.17, 15) is 18.0 Å². The molecule has 1 atom stereocenters. The van der Waals surface area contributed by atoms with E-state index in [0.717, 1.165) is 32.7 Å². The van der Waals surface area contributed by atoms with Crippen molar-refractivity contribution in [2.75, 3.05) is 17.4 Å². The number of sulfonamides is 1. The van der Waals surface area contributed by atoms with E-state index in [1.165, 1.54) is 17.0 Å². The SMILES string of the molecule is CCCCNC(=O)[C@H](C)N(Cc1cccc(Br)c1)C(=O)CN(c1cccc(C)c1)S(=O)(=O)c1ccccc1. The van der Waals surface area contributed by atoms with Gasteiger partial charge in [-0.1, -0.05) is 71.7 Å². The smallest absolute Gasteiger partial charge is 0.264 e. The van der Waals surface area contributed by atoms with Gasteiger partial charge in [0.25, 0.3) is 10.0 Å². The molecule has 0 aromatic heterocycles. The third kappa shape index (κ3) is 7.68. The third-order valence-corrected chi connectivity index (χ3v) is 8.42. The standard InChI is InChI=1S/C29H34BrN3O4S/c1-4-5-17-31-29(35)23(3)32(20-24-12-10-13-25(30)19-24)28(34)21-33(26-14-9-11-22(2)18-26)38(36,37)27-15-7-6-8-16-27/h6-16,18-19,23H,4-5,17,20-21H2,1-3H3,(H,31,35)/t23-/m0/s1. The number of anilines is 1. The van der Waals surface area contributed by atoms with Crippen LogP contribution >= 0.6 is 15.9 Å². The average molecular weight is 601 g/mol. The number of halogens is 1. The van der Waals surface area contributed by atoms with Crippen molar-refractivity contribution in [3.63, 3.8) is 0 Å². The van der Waals surface area contributed by atoms with E-state index in [-0.39, 0.29) is 17.3 Å². The molecule has 38 heavy (non-hydrogen) atoms. The predicted molar refractivity (Wildman–Crippen MR) is 154 cm³/mol. The van der Waals surface area contributed by atoms with Gasteiger partial charge < -0.3 is 10.2 Å². The molecule has 0 saturated heterocycles. The Labute approximate surface area is 234 Å². The van der Waals surface area contributed by atoms with Crippen LogP contribution in [0.25, 0.3) is 0 Å². The Bertz CT molecular complexity index is 1350. The second-order valence-corrected chi connectivity index (χ2v) is 11.9. The minimum absolute atomic E-state index is 0.0817. The molecule has 0 aliphatic carbocycles. The number of nitrogens with one attached hydrogen (secondary N) is 1. The fraction of sp³-hybridized carbons (Fsp3) is 0.310. The monoisotopic (exact) mass is 599 g/mol. The first-order chi connectivity index (χ1) is 18.1. The van der Waals surface area contributed by atoms with Gasteiger partial charge in [0.15, 0.2) is 0 Å². The first-order valence-electron chi connectivity index (χ1n) is 12.6. The highest BCUT2D eigenvalue weighted by Gasteiger charge is 2.32. The molecule has 9 heteroatoms. The molecule has 0 radical (unpaired) electrons. The summed E-state index contributed by atoms with van der Waals surface area (Å²) >= 11 is 3.46. The lowest BCUT2D eigenvalue weighted by Crippen LogP contribution is -2.51. The van der Waals surface area contributed by atoms with Gasteiger partial charge in [0, 0.05) is 17.6 Å². The number of carbonyl (C=O) groups is 2. The van der Waals surface area contributed by atoms with Gasteiger partial charge in [0.1, 0.15) is 12.6 Å². The summed E-state index contributed by atoms with van der Waals surface area (Å²) < 4.78 is 29.5. The molecule has 0 unspecified atom stereocenters. The lowest BCUT2D eigenvalue weighted by Gasteiger charge is -2.32. The zero-order valence-electron chi connectivity index (χ0n) is 21.9. The Morgan fingerprint density at radius 3 is 2.34 bits per heavy atom. The van der Waals surface area contributed by atoms with Crippen molar-refractivity contribution >= 4 is 43.5 Å². The molecule has 0 aliphatic rings. The summed E-state index contributed by atoms with van der Waals surface area (Å²) in [5.74, 6) is -0.765. The first kappa shape index (κ1) is 29.4. The topological polar surface area (TPSA) is 86.8 Å². The van der Waals surface area contributed by atoms with E-state index in [4.69, 9.17) is 0 Å². The van der Waals surface area contributed by atoms with Gasteiger partial charge in [-0.3, -0.25) is 13.9 Å². The zero-order valence-corrected chi connectivity index (χ0v) is 24.3. The highest BCUT2D eigenvalue weighted by molar-refractivity contribution is 9.10. The Balaban J connectivity index is 1.99. The van der Waals surface area contributed by atoms with Crippen molar-refractivity contribution in [1.29, 1.82) is 0 Å². The lowest BCUT2D eigenvalue weighted by atomic mass is 10.1. The van der Waals surface area contributed by atoms with Crippen molar-refractivity contribution in [2.24, 2.45) is 0 Å². The molecule has 3 rings (SSSR count). The Kier molecular flexibility index (Phi) is 10.5. The van der Waals surface area contributed by atoms with Crippen molar-refractivity contribution in [2.45, 2.75) is 51.1 Å². The minimum atomic E-state index is -4.06. The molecular weight excluding hydrogens is 566 g/mol. The molecule has 0 spiro atoms. The van der Waals surface area contributed by atoms with Crippen LogP contribution in [-0.2, 0) is 26.2 Å². The van der Waals surface area contributed by atoms with Crippen LogP contribution < -0.4 is 9.62 Å². The van der Waals surface area contributed by atoms with E-state index in [2.05, 4.69) is 21.2 Å². The summed E-state index contributed by atoms with van der Waals surface area (Å²) in [4.78, 5) is 28.4. The number of carbonyl (C=O) groups excluding carboxylic acids is 2. The number of unbranched alkanes of at least 4 members (excludes halogenated alkanes) is 1. The van der Waals surface area contributed by atoms with Crippen LogP contribution in [0.5, 0.6) is 0 Å². The van der Waals surface area contributed by atoms with Gasteiger partial charge in [0.2, 0.25) is 11.8 Å². The lowest BCUT2D eigenvalue weighted by molar-refractivity contribution is -0.139. The van der Waals surface area contributed by atoms with Crippen LogP contribution in [0.4, 0.5) is 5.69 Å². The quantitative estimate of drug-likeness (QED) is 0.287. The normalized spacial score (nSPS) is 12.0. The van der Waals surface area contributed by atoms with E-state index >= 15 is 0 Å². The number of nitrogens with zero attached hydrogens (tertiary/aromatic N) is 2. The maximum Gasteiger partial charge on any atom is 0.264 e. The van der Waals surface area contributed by atoms with Gasteiger partial charge in [0.05, 0.1) is 10.6 Å². The molecule has 3 aromatic rings. The molecule has 1 N–H and O–H groups in total. The van der Waals surface area contributed by atoms with Gasteiger partial charge in [-0.2, -0.15) is 0 Å². The summed E-state index contributed by atoms with van der Waals surface area (Å²) in [5.41, 5.74) is 2.05. The fourth-order valence-corrected chi connectivity index (χ4v) is 5.86. The highest BCUT2D eigenvalue weighted by atomic mass is 79.9. The van der Waals surface area contributed by atoms with Crippen LogP contribution in [0.2, 0.25) is 0 Å². The van der Waals surface area contributed by atoms with Crippen LogP contribution in [-0.4, -0.2) is 44.3 Å². The van der Waals surface area contributed by atoms with Crippen LogP contribution in [0.1, 0.15) is 37.8 Å². The highest BCUT2D eigenvalue weighted by Crippen LogP contribution is 2.25. The number of benzene rings is 3. The van der Waals surface area contributed by atoms with Crippen molar-refractivity contribution < 1.29 is 18.0 Å². The third-order valence-electron chi connectivity index (χ3n) is 6.14. The van der Waals surface area contributed by atoms with Crippen LogP contribution in [0.15, 0.2) is 88.2 Å². The van der Waals surface area contributed by atoms with Crippen LogP contribution in [0.3, 0.4) is 0 Å². The second kappa shape index (κ2) is 13.6. The molecule has 0 saturated carbocycles. The van der Waals surface area contributed by atoms with Gasteiger partial charge >= 0.3 is 0 Å². The molecule has 2 amide bonds. The Hall–Kier alpha value is -3.17. The summed E-state index contributed by atoms with van der Waals surface area (Å²) in [6.45, 7) is 5.76. The van der Waals surface area contributed by atoms with E-state index in [0.29, 0.717) is 12.2 Å². The predicted octanol–water partition coefficient (Wildman–Crippen LogP) is 5.29. The number of amides is 2. The summed E-state index contributed by atoms with van der Waals surface area (Å²) in [7, 11) is -4.06. The molecule has 202 valence electrons. The summed E-state index contributed by atoms with van der Waals surface area (Å²) in [5, 5.41) is 2.89. The maximum atomic E-state index is 13.9. The Morgan fingerprint density at radius 1 is 0.974 bits per heavy atom. The van der Waals surface area contributed by atoms with E-state index in [1.54, 1.807) is 43.3 Å². The number of rotatable bonds is 12.